The predicted molar refractivity (Wildman–Crippen MR) is 46.1 cm³/mol. The van der Waals surface area contributed by atoms with E-state index in [4.69, 9.17) is 4.84 Å². The molecule has 0 fully saturated rings. The molecule has 1 rings (SSSR count). The molecule has 0 radical (unpaired) electrons. The molecule has 0 aliphatic carbocycles. The molecular weight excluding hydrogens is 154 g/mol. The van der Waals surface area contributed by atoms with Gasteiger partial charge in [0, 0.05) is 14.1 Å². The average Bonchev–Trinajstić information content (AvgIpc) is 2.04. The summed E-state index contributed by atoms with van der Waals surface area (Å²) in [6.45, 7) is 0. The lowest BCUT2D eigenvalue weighted by Gasteiger charge is -2.12. The molecular formula is C9H11NO2. The molecule has 1 aromatic rings. The number of carbonyl (C=O) groups excluding carboxylic acids is 1. The van der Waals surface area contributed by atoms with Crippen molar-refractivity contribution in [2.24, 2.45) is 0 Å². The summed E-state index contributed by atoms with van der Waals surface area (Å²) in [7, 11) is 3.53. The molecule has 0 saturated heterocycles. The summed E-state index contributed by atoms with van der Waals surface area (Å²) in [6.07, 6.45) is 0.777. The first-order valence-corrected chi connectivity index (χ1v) is 3.63. The maximum absolute atomic E-state index is 10.5. The third kappa shape index (κ3) is 2.07. The van der Waals surface area contributed by atoms with E-state index in [1.165, 1.54) is 0 Å². The molecule has 0 atom stereocenters. The lowest BCUT2D eigenvalue weighted by Crippen LogP contribution is -2.16. The minimum absolute atomic E-state index is 0.561. The molecule has 0 aliphatic heterocycles. The van der Waals surface area contributed by atoms with Crippen LogP contribution < -0.4 is 4.84 Å². The Morgan fingerprint density at radius 2 is 2.00 bits per heavy atom. The first kappa shape index (κ1) is 8.74. The van der Waals surface area contributed by atoms with E-state index in [0.717, 1.165) is 6.29 Å². The van der Waals surface area contributed by atoms with Crippen LogP contribution in [0.15, 0.2) is 24.3 Å². The Morgan fingerprint density at radius 1 is 1.33 bits per heavy atom. The normalized spacial score (nSPS) is 9.92. The van der Waals surface area contributed by atoms with Crippen LogP contribution in [0.3, 0.4) is 0 Å². The maximum atomic E-state index is 10.5. The molecule has 0 spiro atoms. The number of para-hydroxylation sites is 1. The van der Waals surface area contributed by atoms with Crippen molar-refractivity contribution in [2.45, 2.75) is 0 Å². The van der Waals surface area contributed by atoms with Crippen LogP contribution in [0, 0.1) is 0 Å². The van der Waals surface area contributed by atoms with Crippen molar-refractivity contribution >= 4 is 6.29 Å². The van der Waals surface area contributed by atoms with E-state index < -0.39 is 0 Å². The molecule has 0 aromatic heterocycles. The first-order chi connectivity index (χ1) is 5.74. The van der Waals surface area contributed by atoms with Crippen molar-refractivity contribution in [1.29, 1.82) is 0 Å². The summed E-state index contributed by atoms with van der Waals surface area (Å²) in [5, 5.41) is 1.54. The minimum atomic E-state index is 0.561. The minimum Gasteiger partial charge on any atom is -0.406 e. The Balaban J connectivity index is 2.89. The molecule has 0 amide bonds. The molecule has 3 heteroatoms. The summed E-state index contributed by atoms with van der Waals surface area (Å²) < 4.78 is 0. The van der Waals surface area contributed by atoms with Gasteiger partial charge in [0.2, 0.25) is 0 Å². The second-order valence-electron chi connectivity index (χ2n) is 2.56. The highest BCUT2D eigenvalue weighted by Crippen LogP contribution is 2.15. The topological polar surface area (TPSA) is 29.5 Å². The van der Waals surface area contributed by atoms with Crippen molar-refractivity contribution in [3.63, 3.8) is 0 Å². The number of hydrogen-bond acceptors (Lipinski definition) is 3. The standard InChI is InChI=1S/C9H11NO2/c1-10(2)12-9-6-4-3-5-8(9)7-11/h3-7H,1-2H3. The Kier molecular flexibility index (Phi) is 2.82. The second-order valence-corrected chi connectivity index (χ2v) is 2.56. The molecule has 0 heterocycles. The molecule has 1 aromatic carbocycles. The van der Waals surface area contributed by atoms with Gasteiger partial charge in [-0.25, -0.2) is 0 Å². The van der Waals surface area contributed by atoms with Crippen LogP contribution in [0.4, 0.5) is 0 Å². The molecule has 12 heavy (non-hydrogen) atoms. The van der Waals surface area contributed by atoms with Crippen LogP contribution in [0.1, 0.15) is 10.4 Å². The van der Waals surface area contributed by atoms with Crippen LogP contribution in [-0.2, 0) is 0 Å². The zero-order valence-electron chi connectivity index (χ0n) is 7.15. The fourth-order valence-electron chi connectivity index (χ4n) is 0.858. The van der Waals surface area contributed by atoms with Crippen LogP contribution in [0.5, 0.6) is 5.75 Å². The monoisotopic (exact) mass is 165 g/mol. The molecule has 0 unspecified atom stereocenters. The van der Waals surface area contributed by atoms with E-state index in [1.807, 2.05) is 6.07 Å². The van der Waals surface area contributed by atoms with E-state index >= 15 is 0 Å². The molecule has 0 aliphatic rings. The molecule has 0 bridgehead atoms. The van der Waals surface area contributed by atoms with Crippen LogP contribution in [-0.4, -0.2) is 25.4 Å². The first-order valence-electron chi connectivity index (χ1n) is 3.63. The summed E-state index contributed by atoms with van der Waals surface area (Å²) in [5.74, 6) is 0.581. The van der Waals surface area contributed by atoms with Crippen LogP contribution in [0.25, 0.3) is 0 Å². The largest absolute Gasteiger partial charge is 0.406 e. The number of carbonyl (C=O) groups is 1. The van der Waals surface area contributed by atoms with Gasteiger partial charge in [-0.15, -0.1) is 0 Å². The van der Waals surface area contributed by atoms with Gasteiger partial charge in [0.15, 0.2) is 12.0 Å². The quantitative estimate of drug-likeness (QED) is 0.500. The van der Waals surface area contributed by atoms with Crippen LogP contribution in [0.2, 0.25) is 0 Å². The highest BCUT2D eigenvalue weighted by Gasteiger charge is 2.01. The lowest BCUT2D eigenvalue weighted by molar-refractivity contribution is -0.00379. The van der Waals surface area contributed by atoms with Gasteiger partial charge in [-0.1, -0.05) is 12.1 Å². The third-order valence-electron chi connectivity index (χ3n) is 1.33. The smallest absolute Gasteiger partial charge is 0.157 e. The van der Waals surface area contributed by atoms with E-state index in [0.29, 0.717) is 11.3 Å². The Morgan fingerprint density at radius 3 is 2.58 bits per heavy atom. The van der Waals surface area contributed by atoms with Crippen molar-refractivity contribution < 1.29 is 9.63 Å². The number of nitrogens with zero attached hydrogens (tertiary/aromatic N) is 1. The number of rotatable bonds is 3. The number of hydroxylamine groups is 2. The Bertz CT molecular complexity index is 271. The predicted octanol–water partition coefficient (Wildman–Crippen LogP) is 1.35. The van der Waals surface area contributed by atoms with Crippen molar-refractivity contribution in [3.05, 3.63) is 29.8 Å². The van der Waals surface area contributed by atoms with Crippen molar-refractivity contribution in [2.75, 3.05) is 14.1 Å². The van der Waals surface area contributed by atoms with Gasteiger partial charge in [0.25, 0.3) is 0 Å². The fraction of sp³-hybridized carbons (Fsp3) is 0.222. The van der Waals surface area contributed by atoms with Gasteiger partial charge >= 0.3 is 0 Å². The molecule has 3 nitrogen and oxygen atoms in total. The molecule has 64 valence electrons. The Hall–Kier alpha value is -1.35. The SMILES string of the molecule is CN(C)Oc1ccccc1C=O. The highest BCUT2D eigenvalue weighted by molar-refractivity contribution is 5.79. The summed E-state index contributed by atoms with van der Waals surface area (Å²) in [4.78, 5) is 15.7. The lowest BCUT2D eigenvalue weighted by atomic mass is 10.2. The van der Waals surface area contributed by atoms with Crippen molar-refractivity contribution in [1.82, 2.24) is 5.06 Å². The van der Waals surface area contributed by atoms with Gasteiger partial charge in [-0.3, -0.25) is 4.79 Å². The summed E-state index contributed by atoms with van der Waals surface area (Å²) in [6, 6.07) is 7.09. The van der Waals surface area contributed by atoms with Crippen molar-refractivity contribution in [3.8, 4) is 5.75 Å². The van der Waals surface area contributed by atoms with E-state index in [9.17, 15) is 4.79 Å². The Labute approximate surface area is 71.5 Å². The van der Waals surface area contributed by atoms with Gasteiger partial charge in [-0.05, 0) is 12.1 Å². The maximum Gasteiger partial charge on any atom is 0.157 e. The average molecular weight is 165 g/mol. The summed E-state index contributed by atoms with van der Waals surface area (Å²) in [5.41, 5.74) is 0.561. The van der Waals surface area contributed by atoms with Gasteiger partial charge in [-0.2, -0.15) is 5.06 Å². The van der Waals surface area contributed by atoms with Gasteiger partial charge in [0.1, 0.15) is 0 Å². The molecule has 0 N–H and O–H groups in total. The van der Waals surface area contributed by atoms with E-state index in [1.54, 1.807) is 37.4 Å². The number of aldehydes is 1. The second kappa shape index (κ2) is 3.88. The van der Waals surface area contributed by atoms with E-state index in [-0.39, 0.29) is 0 Å². The van der Waals surface area contributed by atoms with Gasteiger partial charge in [0.05, 0.1) is 5.56 Å². The molecule has 0 saturated carbocycles. The zero-order chi connectivity index (χ0) is 8.97. The van der Waals surface area contributed by atoms with Crippen LogP contribution >= 0.6 is 0 Å². The zero-order valence-corrected chi connectivity index (χ0v) is 7.15. The fourth-order valence-corrected chi connectivity index (χ4v) is 0.858. The highest BCUT2D eigenvalue weighted by atomic mass is 16.7. The van der Waals surface area contributed by atoms with Gasteiger partial charge < -0.3 is 4.84 Å². The number of hydrogen-bond donors (Lipinski definition) is 0. The number of benzene rings is 1. The van der Waals surface area contributed by atoms with E-state index in [2.05, 4.69) is 0 Å². The summed E-state index contributed by atoms with van der Waals surface area (Å²) >= 11 is 0. The third-order valence-corrected chi connectivity index (χ3v) is 1.33.